The molecule has 1 aliphatic heterocycles. The molecule has 112 valence electrons. The van der Waals surface area contributed by atoms with Gasteiger partial charge in [0.2, 0.25) is 0 Å². The van der Waals surface area contributed by atoms with Gasteiger partial charge in [-0.05, 0) is 25.8 Å². The maximum Gasteiger partial charge on any atom is 0.258 e. The molecule has 1 saturated heterocycles. The summed E-state index contributed by atoms with van der Waals surface area (Å²) in [6.45, 7) is 4.81. The molecule has 6 nitrogen and oxygen atoms in total. The van der Waals surface area contributed by atoms with Crippen LogP contribution in [0, 0.1) is 0 Å². The molecule has 1 aliphatic rings. The van der Waals surface area contributed by atoms with Gasteiger partial charge >= 0.3 is 0 Å². The molecule has 2 aromatic rings. The van der Waals surface area contributed by atoms with Crippen molar-refractivity contribution in [3.05, 3.63) is 30.4 Å². The summed E-state index contributed by atoms with van der Waals surface area (Å²) in [7, 11) is 0. The van der Waals surface area contributed by atoms with Crippen molar-refractivity contribution < 1.29 is 4.79 Å². The number of nitrogens with zero attached hydrogens (tertiary/aromatic N) is 4. The number of amides is 1. The first-order valence-electron chi connectivity index (χ1n) is 7.60. The molecule has 1 unspecified atom stereocenters. The minimum absolute atomic E-state index is 0.0635. The molecule has 0 saturated carbocycles. The molecule has 6 heteroatoms. The van der Waals surface area contributed by atoms with Crippen molar-refractivity contribution in [2.45, 2.75) is 32.2 Å². The van der Waals surface area contributed by atoms with Gasteiger partial charge in [-0.25, -0.2) is 4.52 Å². The summed E-state index contributed by atoms with van der Waals surface area (Å²) in [6.07, 6.45) is 9.92. The Bertz CT molecular complexity index is 617. The van der Waals surface area contributed by atoms with Gasteiger partial charge in [-0.1, -0.05) is 6.92 Å². The van der Waals surface area contributed by atoms with Crippen LogP contribution in [0.15, 0.2) is 24.8 Å². The Morgan fingerprint density at radius 1 is 1.52 bits per heavy atom. The van der Waals surface area contributed by atoms with E-state index in [4.69, 9.17) is 0 Å². The lowest BCUT2D eigenvalue weighted by atomic mass is 10.0. The quantitative estimate of drug-likeness (QED) is 0.921. The maximum atomic E-state index is 12.9. The number of piperidine rings is 1. The van der Waals surface area contributed by atoms with Gasteiger partial charge in [0.25, 0.3) is 5.91 Å². The zero-order chi connectivity index (χ0) is 14.7. The summed E-state index contributed by atoms with van der Waals surface area (Å²) in [5, 5.41) is 7.62. The molecule has 2 aromatic heterocycles. The zero-order valence-electron chi connectivity index (χ0n) is 12.3. The lowest BCUT2D eigenvalue weighted by Gasteiger charge is -2.34. The van der Waals surface area contributed by atoms with E-state index >= 15 is 0 Å². The molecule has 0 bridgehead atoms. The van der Waals surface area contributed by atoms with Crippen molar-refractivity contribution in [2.24, 2.45) is 0 Å². The second-order valence-electron chi connectivity index (χ2n) is 5.46. The molecule has 1 amide bonds. The number of nitrogens with one attached hydrogen (secondary N) is 1. The Hall–Kier alpha value is -1.95. The van der Waals surface area contributed by atoms with Crippen molar-refractivity contribution in [3.63, 3.8) is 0 Å². The molecule has 0 aliphatic carbocycles. The van der Waals surface area contributed by atoms with Crippen LogP contribution < -0.4 is 5.32 Å². The van der Waals surface area contributed by atoms with E-state index in [1.165, 1.54) is 0 Å². The number of hydrogen-bond acceptors (Lipinski definition) is 4. The van der Waals surface area contributed by atoms with Gasteiger partial charge in [0.1, 0.15) is 0 Å². The second kappa shape index (κ2) is 6.22. The number of carbonyl (C=O) groups is 1. The largest absolute Gasteiger partial charge is 0.334 e. The van der Waals surface area contributed by atoms with Gasteiger partial charge in [0.15, 0.2) is 0 Å². The molecule has 3 rings (SSSR count). The van der Waals surface area contributed by atoms with Crippen molar-refractivity contribution in [1.29, 1.82) is 0 Å². The molecule has 0 spiro atoms. The van der Waals surface area contributed by atoms with Gasteiger partial charge in [-0.15, -0.1) is 0 Å². The Labute approximate surface area is 124 Å². The molecular formula is C15H21N5O. The number of fused-ring (bicyclic) bond motifs is 1. The van der Waals surface area contributed by atoms with Gasteiger partial charge in [-0.3, -0.25) is 9.78 Å². The number of rotatable bonds is 4. The van der Waals surface area contributed by atoms with Gasteiger partial charge in [0.05, 0.1) is 23.5 Å². The van der Waals surface area contributed by atoms with Gasteiger partial charge < -0.3 is 10.2 Å². The van der Waals surface area contributed by atoms with E-state index in [9.17, 15) is 4.79 Å². The van der Waals surface area contributed by atoms with Crippen LogP contribution in [0.25, 0.3) is 5.52 Å². The number of carbonyl (C=O) groups excluding carboxylic acids is 1. The first kappa shape index (κ1) is 14.0. The fraction of sp³-hybridized carbons (Fsp3) is 0.533. The van der Waals surface area contributed by atoms with E-state index < -0.39 is 0 Å². The SMILES string of the molecule is CCCN(C(=O)c1cnn2ccncc12)C1CCCNC1. The topological polar surface area (TPSA) is 62.5 Å². The fourth-order valence-electron chi connectivity index (χ4n) is 2.94. The van der Waals surface area contributed by atoms with Crippen LogP contribution in [-0.2, 0) is 0 Å². The van der Waals surface area contributed by atoms with E-state index in [1.807, 2.05) is 4.90 Å². The number of hydrogen-bond donors (Lipinski definition) is 1. The van der Waals surface area contributed by atoms with E-state index in [1.54, 1.807) is 29.3 Å². The Balaban J connectivity index is 1.89. The minimum Gasteiger partial charge on any atom is -0.334 e. The third kappa shape index (κ3) is 2.76. The van der Waals surface area contributed by atoms with Crippen LogP contribution in [0.5, 0.6) is 0 Å². The molecule has 21 heavy (non-hydrogen) atoms. The standard InChI is InChI=1S/C15H21N5O/c1-2-7-19(12-4-3-5-16-9-12)15(21)13-10-18-20-8-6-17-11-14(13)20/h6,8,10-12,16H,2-5,7,9H2,1H3. The number of aromatic nitrogens is 3. The van der Waals surface area contributed by atoms with Crippen molar-refractivity contribution in [2.75, 3.05) is 19.6 Å². The van der Waals surface area contributed by atoms with E-state index in [2.05, 4.69) is 22.3 Å². The highest BCUT2D eigenvalue weighted by molar-refractivity contribution is 6.00. The molecule has 3 heterocycles. The first-order valence-corrected chi connectivity index (χ1v) is 7.60. The monoisotopic (exact) mass is 287 g/mol. The van der Waals surface area contributed by atoms with Crippen LogP contribution in [0.2, 0.25) is 0 Å². The van der Waals surface area contributed by atoms with E-state index in [0.717, 1.165) is 44.4 Å². The van der Waals surface area contributed by atoms with Crippen LogP contribution >= 0.6 is 0 Å². The van der Waals surface area contributed by atoms with Crippen LogP contribution in [0.1, 0.15) is 36.5 Å². The normalized spacial score (nSPS) is 18.8. The Morgan fingerprint density at radius 3 is 3.19 bits per heavy atom. The molecule has 0 aromatic carbocycles. The summed E-state index contributed by atoms with van der Waals surface area (Å²) >= 11 is 0. The van der Waals surface area contributed by atoms with Crippen LogP contribution in [0.3, 0.4) is 0 Å². The molecule has 1 atom stereocenters. The summed E-state index contributed by atoms with van der Waals surface area (Å²) < 4.78 is 1.70. The Morgan fingerprint density at radius 2 is 2.43 bits per heavy atom. The van der Waals surface area contributed by atoms with E-state index in [0.29, 0.717) is 5.56 Å². The van der Waals surface area contributed by atoms with Gasteiger partial charge in [0, 0.05) is 31.5 Å². The van der Waals surface area contributed by atoms with Crippen LogP contribution in [0.4, 0.5) is 0 Å². The molecular weight excluding hydrogens is 266 g/mol. The van der Waals surface area contributed by atoms with Crippen molar-refractivity contribution in [3.8, 4) is 0 Å². The summed E-state index contributed by atoms with van der Waals surface area (Å²) in [4.78, 5) is 19.0. The van der Waals surface area contributed by atoms with Crippen LogP contribution in [-0.4, -0.2) is 51.1 Å². The lowest BCUT2D eigenvalue weighted by molar-refractivity contribution is 0.0651. The fourth-order valence-corrected chi connectivity index (χ4v) is 2.94. The second-order valence-corrected chi connectivity index (χ2v) is 5.46. The molecule has 1 N–H and O–H groups in total. The predicted molar refractivity (Wildman–Crippen MR) is 80.2 cm³/mol. The minimum atomic E-state index is 0.0635. The summed E-state index contributed by atoms with van der Waals surface area (Å²) in [5.41, 5.74) is 1.41. The van der Waals surface area contributed by atoms with Gasteiger partial charge in [-0.2, -0.15) is 5.10 Å². The highest BCUT2D eigenvalue weighted by Gasteiger charge is 2.27. The average Bonchev–Trinajstić information content (AvgIpc) is 2.97. The summed E-state index contributed by atoms with van der Waals surface area (Å²) in [6, 6.07) is 0.276. The predicted octanol–water partition coefficient (Wildman–Crippen LogP) is 1.33. The van der Waals surface area contributed by atoms with Crippen molar-refractivity contribution >= 4 is 11.4 Å². The van der Waals surface area contributed by atoms with E-state index in [-0.39, 0.29) is 11.9 Å². The Kier molecular flexibility index (Phi) is 4.15. The first-order chi connectivity index (χ1) is 10.3. The smallest absolute Gasteiger partial charge is 0.258 e. The zero-order valence-corrected chi connectivity index (χ0v) is 12.3. The highest BCUT2D eigenvalue weighted by Crippen LogP contribution is 2.17. The molecule has 1 fully saturated rings. The third-order valence-corrected chi connectivity index (χ3v) is 3.99. The maximum absolute atomic E-state index is 12.9. The summed E-state index contributed by atoms with van der Waals surface area (Å²) in [5.74, 6) is 0.0635. The average molecular weight is 287 g/mol. The van der Waals surface area contributed by atoms with Crippen molar-refractivity contribution in [1.82, 2.24) is 24.8 Å². The molecule has 0 radical (unpaired) electrons. The lowest BCUT2D eigenvalue weighted by Crippen LogP contribution is -2.49. The third-order valence-electron chi connectivity index (χ3n) is 3.99. The highest BCUT2D eigenvalue weighted by atomic mass is 16.2.